The number of carbonyl (C=O) groups excluding carboxylic acids is 1. The topological polar surface area (TPSA) is 32.8 Å². The molecule has 0 spiro atoms. The van der Waals surface area contributed by atoms with E-state index in [0.29, 0.717) is 31.4 Å². The molecule has 0 aliphatic carbocycles. The second-order valence-electron chi connectivity index (χ2n) is 7.75. The second kappa shape index (κ2) is 8.96. The number of aryl methyl sites for hydroxylation is 1. The maximum Gasteiger partial charge on any atom is 0.227 e. The van der Waals surface area contributed by atoms with E-state index in [1.54, 1.807) is 12.1 Å². The Kier molecular flexibility index (Phi) is 6.65. The number of carbonyl (C=O) groups is 1. The van der Waals surface area contributed by atoms with E-state index in [-0.39, 0.29) is 11.7 Å². The molecule has 26 heavy (non-hydrogen) atoms. The summed E-state index contributed by atoms with van der Waals surface area (Å²) in [5.41, 5.74) is 1.84. The van der Waals surface area contributed by atoms with Gasteiger partial charge in [-0.1, -0.05) is 13.8 Å². The Hall–Kier alpha value is -1.46. The lowest BCUT2D eigenvalue weighted by Crippen LogP contribution is -2.44. The molecule has 5 heteroatoms. The molecule has 4 nitrogen and oxygen atoms in total. The Bertz CT molecular complexity index is 614. The summed E-state index contributed by atoms with van der Waals surface area (Å²) in [5, 5.41) is 0. The minimum Gasteiger partial charge on any atom is -0.378 e. The largest absolute Gasteiger partial charge is 0.378 e. The molecule has 0 unspecified atom stereocenters. The predicted octanol–water partition coefficient (Wildman–Crippen LogP) is 3.63. The van der Waals surface area contributed by atoms with Gasteiger partial charge in [0.15, 0.2) is 0 Å². The fourth-order valence-electron chi connectivity index (χ4n) is 4.08. The van der Waals surface area contributed by atoms with Crippen LogP contribution in [0.2, 0.25) is 0 Å². The van der Waals surface area contributed by atoms with Gasteiger partial charge in [0.25, 0.3) is 0 Å². The molecule has 2 heterocycles. The highest BCUT2D eigenvalue weighted by molar-refractivity contribution is 5.96. The van der Waals surface area contributed by atoms with Gasteiger partial charge in [-0.05, 0) is 55.4 Å². The Labute approximate surface area is 156 Å². The van der Waals surface area contributed by atoms with E-state index < -0.39 is 0 Å². The molecule has 1 aromatic carbocycles. The van der Waals surface area contributed by atoms with Gasteiger partial charge in [-0.3, -0.25) is 4.79 Å². The average molecular weight is 362 g/mol. The summed E-state index contributed by atoms with van der Waals surface area (Å²) in [4.78, 5) is 16.8. The standard InChI is InChI=1S/C21H31FN2O2/c1-3-12-26-19-8-10-23(11-9-19)14-16(2)15-24-20-6-5-18(22)13-17(20)4-7-21(24)25/h5-6,13,16,19H,3-4,7-12,14-15H2,1-2H3/t16-/m1/s1. The summed E-state index contributed by atoms with van der Waals surface area (Å²) < 4.78 is 19.3. The number of benzene rings is 1. The first-order chi connectivity index (χ1) is 12.6. The molecule has 0 radical (unpaired) electrons. The van der Waals surface area contributed by atoms with E-state index in [1.165, 1.54) is 6.07 Å². The zero-order valence-electron chi connectivity index (χ0n) is 16.0. The van der Waals surface area contributed by atoms with E-state index in [1.807, 2.05) is 4.90 Å². The molecule has 0 saturated carbocycles. The second-order valence-corrected chi connectivity index (χ2v) is 7.75. The Morgan fingerprint density at radius 1 is 1.23 bits per heavy atom. The molecule has 3 rings (SSSR count). The van der Waals surface area contributed by atoms with Crippen molar-refractivity contribution in [2.45, 2.75) is 52.1 Å². The number of likely N-dealkylation sites (tertiary alicyclic amines) is 1. The van der Waals surface area contributed by atoms with Crippen molar-refractivity contribution in [3.8, 4) is 0 Å². The fourth-order valence-corrected chi connectivity index (χ4v) is 4.08. The van der Waals surface area contributed by atoms with Gasteiger partial charge < -0.3 is 14.5 Å². The molecule has 2 aliphatic rings. The summed E-state index contributed by atoms with van der Waals surface area (Å²) in [5.74, 6) is 0.310. The molecule has 0 N–H and O–H groups in total. The number of amides is 1. The van der Waals surface area contributed by atoms with E-state index in [4.69, 9.17) is 4.74 Å². The van der Waals surface area contributed by atoms with Gasteiger partial charge in [-0.15, -0.1) is 0 Å². The third-order valence-corrected chi connectivity index (χ3v) is 5.40. The molecule has 1 atom stereocenters. The van der Waals surface area contributed by atoms with Crippen LogP contribution in [0.25, 0.3) is 0 Å². The molecule has 1 aromatic rings. The highest BCUT2D eigenvalue weighted by atomic mass is 19.1. The van der Waals surface area contributed by atoms with Gasteiger partial charge in [-0.2, -0.15) is 0 Å². The number of piperidine rings is 1. The SMILES string of the molecule is CCCOC1CCN(C[C@@H](C)CN2C(=O)CCc3cc(F)ccc32)CC1. The van der Waals surface area contributed by atoms with Crippen LogP contribution in [0.15, 0.2) is 18.2 Å². The highest BCUT2D eigenvalue weighted by Crippen LogP contribution is 2.29. The number of rotatable bonds is 7. The van der Waals surface area contributed by atoms with Crippen molar-refractivity contribution in [1.29, 1.82) is 0 Å². The van der Waals surface area contributed by atoms with Crippen LogP contribution < -0.4 is 4.90 Å². The first kappa shape index (κ1) is 19.3. The van der Waals surface area contributed by atoms with Gasteiger partial charge in [-0.25, -0.2) is 4.39 Å². The molecule has 144 valence electrons. The van der Waals surface area contributed by atoms with Crippen LogP contribution in [0.1, 0.15) is 45.1 Å². The molecule has 0 aromatic heterocycles. The van der Waals surface area contributed by atoms with Crippen LogP contribution in [0.5, 0.6) is 0 Å². The first-order valence-electron chi connectivity index (χ1n) is 9.99. The van der Waals surface area contributed by atoms with Crippen LogP contribution in [0.4, 0.5) is 10.1 Å². The van der Waals surface area contributed by atoms with Crippen molar-refractivity contribution in [3.05, 3.63) is 29.6 Å². The third kappa shape index (κ3) is 4.83. The maximum atomic E-state index is 13.5. The van der Waals surface area contributed by atoms with Gasteiger partial charge in [0.2, 0.25) is 5.91 Å². The number of ether oxygens (including phenoxy) is 1. The van der Waals surface area contributed by atoms with E-state index in [2.05, 4.69) is 18.7 Å². The maximum absolute atomic E-state index is 13.5. The minimum atomic E-state index is -0.223. The van der Waals surface area contributed by atoms with Crippen molar-refractivity contribution in [3.63, 3.8) is 0 Å². The fraction of sp³-hybridized carbons (Fsp3) is 0.667. The molecule has 1 fully saturated rings. The normalized spacial score (nSPS) is 20.3. The summed E-state index contributed by atoms with van der Waals surface area (Å²) in [6.45, 7) is 9.02. The van der Waals surface area contributed by atoms with Crippen molar-refractivity contribution < 1.29 is 13.9 Å². The molecule has 1 amide bonds. The lowest BCUT2D eigenvalue weighted by molar-refractivity contribution is -0.119. The smallest absolute Gasteiger partial charge is 0.227 e. The number of anilines is 1. The van der Waals surface area contributed by atoms with Crippen molar-refractivity contribution in [2.24, 2.45) is 5.92 Å². The Morgan fingerprint density at radius 3 is 2.73 bits per heavy atom. The highest BCUT2D eigenvalue weighted by Gasteiger charge is 2.27. The Balaban J connectivity index is 1.52. The van der Waals surface area contributed by atoms with E-state index in [0.717, 1.165) is 56.8 Å². The summed E-state index contributed by atoms with van der Waals surface area (Å²) in [6, 6.07) is 4.78. The monoisotopic (exact) mass is 362 g/mol. The van der Waals surface area contributed by atoms with Gasteiger partial charge >= 0.3 is 0 Å². The van der Waals surface area contributed by atoms with Crippen molar-refractivity contribution >= 4 is 11.6 Å². The number of halogens is 1. The van der Waals surface area contributed by atoms with Gasteiger partial charge in [0, 0.05) is 44.9 Å². The molecular weight excluding hydrogens is 331 g/mol. The quantitative estimate of drug-likeness (QED) is 0.742. The number of nitrogens with zero attached hydrogens (tertiary/aromatic N) is 2. The molecular formula is C21H31FN2O2. The number of fused-ring (bicyclic) bond motifs is 1. The van der Waals surface area contributed by atoms with Gasteiger partial charge in [0.05, 0.1) is 6.10 Å². The minimum absolute atomic E-state index is 0.155. The number of hydrogen-bond acceptors (Lipinski definition) is 3. The zero-order chi connectivity index (χ0) is 18.5. The van der Waals surface area contributed by atoms with Crippen molar-refractivity contribution in [2.75, 3.05) is 37.7 Å². The van der Waals surface area contributed by atoms with Crippen LogP contribution in [-0.4, -0.2) is 49.7 Å². The third-order valence-electron chi connectivity index (χ3n) is 5.40. The lowest BCUT2D eigenvalue weighted by Gasteiger charge is -2.36. The van der Waals surface area contributed by atoms with Crippen molar-refractivity contribution in [1.82, 2.24) is 4.90 Å². The van der Waals surface area contributed by atoms with Crippen LogP contribution in [0.3, 0.4) is 0 Å². The molecule has 0 bridgehead atoms. The van der Waals surface area contributed by atoms with Crippen LogP contribution >= 0.6 is 0 Å². The predicted molar refractivity (Wildman–Crippen MR) is 102 cm³/mol. The Morgan fingerprint density at radius 2 is 2.00 bits per heavy atom. The number of hydrogen-bond donors (Lipinski definition) is 0. The molecule has 1 saturated heterocycles. The van der Waals surface area contributed by atoms with E-state index in [9.17, 15) is 9.18 Å². The lowest BCUT2D eigenvalue weighted by atomic mass is 9.99. The first-order valence-corrected chi connectivity index (χ1v) is 9.99. The average Bonchev–Trinajstić information content (AvgIpc) is 2.63. The van der Waals surface area contributed by atoms with Crippen LogP contribution in [-0.2, 0) is 16.0 Å². The zero-order valence-corrected chi connectivity index (χ0v) is 16.0. The van der Waals surface area contributed by atoms with Crippen LogP contribution in [0, 0.1) is 11.7 Å². The summed E-state index contributed by atoms with van der Waals surface area (Å²) in [7, 11) is 0. The summed E-state index contributed by atoms with van der Waals surface area (Å²) in [6.07, 6.45) is 4.79. The summed E-state index contributed by atoms with van der Waals surface area (Å²) >= 11 is 0. The van der Waals surface area contributed by atoms with E-state index >= 15 is 0 Å². The molecule has 2 aliphatic heterocycles. The van der Waals surface area contributed by atoms with Gasteiger partial charge in [0.1, 0.15) is 5.82 Å².